The van der Waals surface area contributed by atoms with E-state index in [0.717, 1.165) is 25.9 Å². The minimum absolute atomic E-state index is 0.0852. The fourth-order valence-electron chi connectivity index (χ4n) is 2.79. The first-order chi connectivity index (χ1) is 9.57. The molecule has 2 fully saturated rings. The zero-order chi connectivity index (χ0) is 14.8. The summed E-state index contributed by atoms with van der Waals surface area (Å²) in [5.74, 6) is 0.190. The normalized spacial score (nSPS) is 20.8. The molecule has 2 aliphatic rings. The van der Waals surface area contributed by atoms with E-state index < -0.39 is 0 Å². The zero-order valence-corrected chi connectivity index (χ0v) is 12.6. The van der Waals surface area contributed by atoms with Gasteiger partial charge in [-0.05, 0) is 26.7 Å². The second-order valence-electron chi connectivity index (χ2n) is 5.72. The van der Waals surface area contributed by atoms with Crippen LogP contribution >= 0.6 is 0 Å². The zero-order valence-electron chi connectivity index (χ0n) is 12.6. The highest BCUT2D eigenvalue weighted by atomic mass is 16.2. The average molecular weight is 282 g/mol. The number of carbonyl (C=O) groups is 2. The van der Waals surface area contributed by atoms with Gasteiger partial charge in [0.15, 0.2) is 0 Å². The molecule has 0 radical (unpaired) electrons. The smallest absolute Gasteiger partial charge is 0.320 e. The summed E-state index contributed by atoms with van der Waals surface area (Å²) >= 11 is 0. The maximum Gasteiger partial charge on any atom is 0.320 e. The van der Waals surface area contributed by atoms with Crippen molar-refractivity contribution in [2.24, 2.45) is 11.1 Å². The van der Waals surface area contributed by atoms with Gasteiger partial charge in [0.25, 0.3) is 0 Å². The molecule has 3 amide bonds. The molecule has 0 unspecified atom stereocenters. The second kappa shape index (κ2) is 5.99. The van der Waals surface area contributed by atoms with Gasteiger partial charge in [-0.15, -0.1) is 0 Å². The molecule has 1 saturated carbocycles. The van der Waals surface area contributed by atoms with Crippen LogP contribution in [0, 0.1) is 5.41 Å². The van der Waals surface area contributed by atoms with Crippen molar-refractivity contribution in [3.63, 3.8) is 0 Å². The number of rotatable bonds is 4. The fourth-order valence-corrected chi connectivity index (χ4v) is 2.79. The van der Waals surface area contributed by atoms with Gasteiger partial charge in [0.2, 0.25) is 5.91 Å². The molecule has 1 aliphatic heterocycles. The van der Waals surface area contributed by atoms with Crippen molar-refractivity contribution < 1.29 is 9.59 Å². The van der Waals surface area contributed by atoms with E-state index >= 15 is 0 Å². The van der Waals surface area contributed by atoms with E-state index in [-0.39, 0.29) is 17.4 Å². The molecule has 0 aromatic rings. The molecule has 6 nitrogen and oxygen atoms in total. The van der Waals surface area contributed by atoms with Crippen LogP contribution in [0.1, 0.15) is 26.7 Å². The molecule has 6 heteroatoms. The topological polar surface area (TPSA) is 69.9 Å². The number of nitrogens with two attached hydrogens (primary N) is 1. The van der Waals surface area contributed by atoms with Gasteiger partial charge in [0.05, 0.1) is 5.41 Å². The Bertz CT molecular complexity index is 369. The number of hydrogen-bond acceptors (Lipinski definition) is 3. The van der Waals surface area contributed by atoms with E-state index in [4.69, 9.17) is 5.73 Å². The minimum atomic E-state index is -0.273. The first-order valence-electron chi connectivity index (χ1n) is 7.61. The van der Waals surface area contributed by atoms with Crippen LogP contribution < -0.4 is 5.73 Å². The molecule has 0 aromatic carbocycles. The van der Waals surface area contributed by atoms with Crippen molar-refractivity contribution in [3.8, 4) is 0 Å². The van der Waals surface area contributed by atoms with Gasteiger partial charge in [-0.2, -0.15) is 0 Å². The Morgan fingerprint density at radius 2 is 1.55 bits per heavy atom. The lowest BCUT2D eigenvalue weighted by molar-refractivity contribution is -0.138. The van der Waals surface area contributed by atoms with Gasteiger partial charge in [-0.1, -0.05) is 0 Å². The Morgan fingerprint density at radius 3 is 1.95 bits per heavy atom. The summed E-state index contributed by atoms with van der Waals surface area (Å²) < 4.78 is 0. The Hall–Kier alpha value is -1.30. The standard InChI is InChI=1S/C14H26N4O2/c1-3-16(4-2)13(20)18-9-7-17(8-10-18)12(19)14(11-15)5-6-14/h3-11,15H2,1-2H3. The highest BCUT2D eigenvalue weighted by Gasteiger charge is 2.50. The van der Waals surface area contributed by atoms with Gasteiger partial charge in [0.1, 0.15) is 0 Å². The summed E-state index contributed by atoms with van der Waals surface area (Å²) in [5, 5.41) is 0. The first kappa shape index (κ1) is 15.1. The van der Waals surface area contributed by atoms with Crippen molar-refractivity contribution >= 4 is 11.9 Å². The van der Waals surface area contributed by atoms with Crippen LogP contribution in [0.5, 0.6) is 0 Å². The summed E-state index contributed by atoms with van der Waals surface area (Å²) in [6.45, 7) is 8.39. The SMILES string of the molecule is CCN(CC)C(=O)N1CCN(C(=O)C2(CN)CC2)CC1. The number of amides is 3. The van der Waals surface area contributed by atoms with Crippen LogP contribution in [-0.2, 0) is 4.79 Å². The van der Waals surface area contributed by atoms with Crippen LogP contribution in [0.15, 0.2) is 0 Å². The molecule has 20 heavy (non-hydrogen) atoms. The van der Waals surface area contributed by atoms with Crippen molar-refractivity contribution in [2.45, 2.75) is 26.7 Å². The maximum atomic E-state index is 12.4. The van der Waals surface area contributed by atoms with Crippen LogP contribution in [0.4, 0.5) is 4.79 Å². The Morgan fingerprint density at radius 1 is 1.05 bits per heavy atom. The predicted octanol–water partition coefficient (Wildman–Crippen LogP) is 0.331. The Kier molecular flexibility index (Phi) is 4.52. The predicted molar refractivity (Wildman–Crippen MR) is 77.2 cm³/mol. The highest BCUT2D eigenvalue weighted by Crippen LogP contribution is 2.46. The molecule has 1 aliphatic carbocycles. The quantitative estimate of drug-likeness (QED) is 0.808. The Balaban J connectivity index is 1.86. The van der Waals surface area contributed by atoms with E-state index in [1.54, 1.807) is 0 Å². The molecular formula is C14H26N4O2. The molecular weight excluding hydrogens is 256 g/mol. The van der Waals surface area contributed by atoms with E-state index in [1.807, 2.05) is 28.5 Å². The third-order valence-corrected chi connectivity index (χ3v) is 4.57. The van der Waals surface area contributed by atoms with E-state index in [9.17, 15) is 9.59 Å². The second-order valence-corrected chi connectivity index (χ2v) is 5.72. The molecule has 2 rings (SSSR count). The van der Waals surface area contributed by atoms with E-state index in [2.05, 4.69) is 0 Å². The third kappa shape index (κ3) is 2.75. The number of piperazine rings is 1. The summed E-state index contributed by atoms with van der Waals surface area (Å²) in [6.07, 6.45) is 1.84. The lowest BCUT2D eigenvalue weighted by Crippen LogP contribution is -2.55. The van der Waals surface area contributed by atoms with Crippen molar-refractivity contribution in [2.75, 3.05) is 45.8 Å². The molecule has 1 heterocycles. The highest BCUT2D eigenvalue weighted by molar-refractivity contribution is 5.86. The lowest BCUT2D eigenvalue weighted by atomic mass is 10.1. The van der Waals surface area contributed by atoms with E-state index in [1.165, 1.54) is 0 Å². The molecule has 0 bridgehead atoms. The minimum Gasteiger partial charge on any atom is -0.339 e. The summed E-state index contributed by atoms with van der Waals surface area (Å²) in [6, 6.07) is 0.0852. The van der Waals surface area contributed by atoms with Gasteiger partial charge in [-0.3, -0.25) is 4.79 Å². The van der Waals surface area contributed by atoms with Gasteiger partial charge < -0.3 is 20.4 Å². The molecule has 1 saturated heterocycles. The van der Waals surface area contributed by atoms with Gasteiger partial charge >= 0.3 is 6.03 Å². The van der Waals surface area contributed by atoms with Gasteiger partial charge in [-0.25, -0.2) is 4.79 Å². The van der Waals surface area contributed by atoms with Crippen molar-refractivity contribution in [3.05, 3.63) is 0 Å². The number of urea groups is 1. The molecule has 114 valence electrons. The summed E-state index contributed by atoms with van der Waals surface area (Å²) in [4.78, 5) is 30.1. The van der Waals surface area contributed by atoms with Crippen LogP contribution in [0.25, 0.3) is 0 Å². The average Bonchev–Trinajstić information content (AvgIpc) is 3.29. The van der Waals surface area contributed by atoms with Crippen molar-refractivity contribution in [1.82, 2.24) is 14.7 Å². The third-order valence-electron chi connectivity index (χ3n) is 4.57. The first-order valence-corrected chi connectivity index (χ1v) is 7.61. The molecule has 0 spiro atoms. The monoisotopic (exact) mass is 282 g/mol. The Labute approximate surface area is 120 Å². The fraction of sp³-hybridized carbons (Fsp3) is 0.857. The van der Waals surface area contributed by atoms with Crippen LogP contribution in [-0.4, -0.2) is 72.5 Å². The maximum absolute atomic E-state index is 12.4. The largest absolute Gasteiger partial charge is 0.339 e. The summed E-state index contributed by atoms with van der Waals surface area (Å²) in [5.41, 5.74) is 5.44. The van der Waals surface area contributed by atoms with Crippen LogP contribution in [0.3, 0.4) is 0 Å². The number of hydrogen-bond donors (Lipinski definition) is 1. The number of carbonyl (C=O) groups excluding carboxylic acids is 2. The van der Waals surface area contributed by atoms with Crippen molar-refractivity contribution in [1.29, 1.82) is 0 Å². The van der Waals surface area contributed by atoms with E-state index in [0.29, 0.717) is 32.7 Å². The lowest BCUT2D eigenvalue weighted by Gasteiger charge is -2.38. The molecule has 2 N–H and O–H groups in total. The number of nitrogens with zero attached hydrogens (tertiary/aromatic N) is 3. The molecule has 0 atom stereocenters. The van der Waals surface area contributed by atoms with Gasteiger partial charge in [0, 0.05) is 45.8 Å². The van der Waals surface area contributed by atoms with Crippen LogP contribution in [0.2, 0.25) is 0 Å². The molecule has 0 aromatic heterocycles. The summed E-state index contributed by atoms with van der Waals surface area (Å²) in [7, 11) is 0.